The Morgan fingerprint density at radius 2 is 1.39 bits per heavy atom. The molecule has 0 spiro atoms. The Labute approximate surface area is 105 Å². The van der Waals surface area contributed by atoms with Crippen molar-refractivity contribution in [2.45, 2.75) is 0 Å². The first-order valence-electron chi connectivity index (χ1n) is 6.13. The summed E-state index contributed by atoms with van der Waals surface area (Å²) in [6.45, 7) is 0. The van der Waals surface area contributed by atoms with Crippen molar-refractivity contribution in [3.8, 4) is 0 Å². The third kappa shape index (κ3) is 1.31. The smallest absolute Gasteiger partial charge is 0.166 e. The number of rotatable bonds is 0. The molecule has 1 nitrogen and oxygen atoms in total. The summed E-state index contributed by atoms with van der Waals surface area (Å²) in [4.78, 5) is 0. The molecule has 1 heteroatoms. The molecule has 0 aliphatic carbocycles. The van der Waals surface area contributed by atoms with E-state index in [1.807, 2.05) is 0 Å². The maximum atomic E-state index is 2.26. The SMILES string of the molecule is c1ccc2c[n+]3ccc4ccccc4c3cc2c1. The largest absolute Gasteiger partial charge is 0.219 e. The monoisotopic (exact) mass is 230 g/mol. The first kappa shape index (κ1) is 9.60. The maximum Gasteiger partial charge on any atom is 0.219 e. The van der Waals surface area contributed by atoms with Gasteiger partial charge in [0.15, 0.2) is 12.4 Å². The van der Waals surface area contributed by atoms with Crippen molar-refractivity contribution in [1.82, 2.24) is 0 Å². The Morgan fingerprint density at radius 3 is 2.28 bits per heavy atom. The number of pyridine rings is 2. The third-order valence-corrected chi connectivity index (χ3v) is 3.50. The molecule has 18 heavy (non-hydrogen) atoms. The molecule has 0 N–H and O–H groups in total. The lowest BCUT2D eigenvalue weighted by Gasteiger charge is -2.00. The fourth-order valence-corrected chi connectivity index (χ4v) is 2.58. The lowest BCUT2D eigenvalue weighted by molar-refractivity contribution is -0.509. The van der Waals surface area contributed by atoms with Crippen LogP contribution in [0.15, 0.2) is 73.1 Å². The Morgan fingerprint density at radius 1 is 0.667 bits per heavy atom. The quantitative estimate of drug-likeness (QED) is 0.246. The summed E-state index contributed by atoms with van der Waals surface area (Å²) < 4.78 is 2.20. The maximum absolute atomic E-state index is 2.26. The predicted molar refractivity (Wildman–Crippen MR) is 74.6 cm³/mol. The number of hydrogen-bond acceptors (Lipinski definition) is 0. The molecule has 0 unspecified atom stereocenters. The molecule has 4 aromatic rings. The van der Waals surface area contributed by atoms with E-state index in [0.717, 1.165) is 0 Å². The first-order chi connectivity index (χ1) is 8.92. The second-order valence-electron chi connectivity index (χ2n) is 4.60. The van der Waals surface area contributed by atoms with Gasteiger partial charge in [-0.1, -0.05) is 36.4 Å². The van der Waals surface area contributed by atoms with Crippen LogP contribution in [0.1, 0.15) is 0 Å². The van der Waals surface area contributed by atoms with Gasteiger partial charge in [-0.05, 0) is 22.9 Å². The van der Waals surface area contributed by atoms with E-state index in [4.69, 9.17) is 0 Å². The summed E-state index contributed by atoms with van der Waals surface area (Å²) in [5, 5.41) is 5.14. The molecular weight excluding hydrogens is 218 g/mol. The molecule has 0 aliphatic rings. The standard InChI is InChI=1S/C17H12N/c1-2-7-15-12-18-10-9-13-5-3-4-8-16(13)17(18)11-14(15)6-1/h1-12H/q+1. The fourth-order valence-electron chi connectivity index (χ4n) is 2.58. The van der Waals surface area contributed by atoms with Crippen LogP contribution in [0.3, 0.4) is 0 Å². The van der Waals surface area contributed by atoms with Crippen molar-refractivity contribution in [3.63, 3.8) is 0 Å². The van der Waals surface area contributed by atoms with E-state index >= 15 is 0 Å². The van der Waals surface area contributed by atoms with Gasteiger partial charge >= 0.3 is 0 Å². The van der Waals surface area contributed by atoms with Crippen LogP contribution in [0, 0.1) is 0 Å². The lowest BCUT2D eigenvalue weighted by Crippen LogP contribution is -2.20. The number of aromatic nitrogens is 1. The van der Waals surface area contributed by atoms with Crippen LogP contribution in [0.2, 0.25) is 0 Å². The fraction of sp³-hybridized carbons (Fsp3) is 0. The Hall–Kier alpha value is -2.41. The highest BCUT2D eigenvalue weighted by Gasteiger charge is 2.08. The number of nitrogens with zero attached hydrogens (tertiary/aromatic N) is 1. The van der Waals surface area contributed by atoms with Gasteiger partial charge in [0.25, 0.3) is 0 Å². The molecule has 2 aromatic carbocycles. The molecule has 0 bridgehead atoms. The van der Waals surface area contributed by atoms with Crippen molar-refractivity contribution in [2.24, 2.45) is 0 Å². The summed E-state index contributed by atoms with van der Waals surface area (Å²) in [5.74, 6) is 0. The van der Waals surface area contributed by atoms with Gasteiger partial charge in [0, 0.05) is 17.5 Å². The molecule has 0 radical (unpaired) electrons. The molecule has 2 heterocycles. The van der Waals surface area contributed by atoms with Gasteiger partial charge in [0.2, 0.25) is 5.52 Å². The van der Waals surface area contributed by atoms with Crippen molar-refractivity contribution >= 4 is 27.1 Å². The summed E-state index contributed by atoms with van der Waals surface area (Å²) in [7, 11) is 0. The molecule has 0 saturated carbocycles. The van der Waals surface area contributed by atoms with Crippen LogP contribution in [0.5, 0.6) is 0 Å². The highest BCUT2D eigenvalue weighted by atomic mass is 14.8. The number of fused-ring (bicyclic) bond motifs is 4. The molecule has 84 valence electrons. The zero-order valence-electron chi connectivity index (χ0n) is 9.88. The molecule has 0 saturated heterocycles. The van der Waals surface area contributed by atoms with E-state index in [-0.39, 0.29) is 0 Å². The Balaban J connectivity index is 2.27. The summed E-state index contributed by atoms with van der Waals surface area (Å²) in [6, 6.07) is 21.4. The first-order valence-corrected chi connectivity index (χ1v) is 6.13. The van der Waals surface area contributed by atoms with Crippen LogP contribution in [-0.2, 0) is 0 Å². The molecule has 4 rings (SSSR count). The second kappa shape index (κ2) is 3.54. The molecule has 0 amide bonds. The van der Waals surface area contributed by atoms with E-state index in [1.165, 1.54) is 27.1 Å². The molecule has 0 fully saturated rings. The van der Waals surface area contributed by atoms with Crippen LogP contribution in [-0.4, -0.2) is 0 Å². The average molecular weight is 230 g/mol. The van der Waals surface area contributed by atoms with Crippen LogP contribution >= 0.6 is 0 Å². The normalized spacial score (nSPS) is 11.3. The van der Waals surface area contributed by atoms with Gasteiger partial charge in [-0.3, -0.25) is 0 Å². The van der Waals surface area contributed by atoms with E-state index in [9.17, 15) is 0 Å². The molecule has 0 aliphatic heterocycles. The minimum atomic E-state index is 1.26. The molecule has 2 aromatic heterocycles. The van der Waals surface area contributed by atoms with Crippen LogP contribution < -0.4 is 4.40 Å². The number of hydrogen-bond donors (Lipinski definition) is 0. The molecular formula is C17H12N+. The highest BCUT2D eigenvalue weighted by molar-refractivity contribution is 5.97. The van der Waals surface area contributed by atoms with Gasteiger partial charge in [-0.25, -0.2) is 0 Å². The third-order valence-electron chi connectivity index (χ3n) is 3.50. The summed E-state index contributed by atoms with van der Waals surface area (Å²) in [5.41, 5.74) is 1.26. The minimum Gasteiger partial charge on any atom is -0.166 e. The zero-order valence-corrected chi connectivity index (χ0v) is 9.88. The lowest BCUT2D eigenvalue weighted by atomic mass is 10.1. The van der Waals surface area contributed by atoms with Crippen LogP contribution in [0.25, 0.3) is 27.1 Å². The van der Waals surface area contributed by atoms with Crippen molar-refractivity contribution in [2.75, 3.05) is 0 Å². The van der Waals surface area contributed by atoms with Crippen molar-refractivity contribution in [1.29, 1.82) is 0 Å². The molecule has 0 atom stereocenters. The van der Waals surface area contributed by atoms with E-state index in [2.05, 4.69) is 77.5 Å². The van der Waals surface area contributed by atoms with Crippen molar-refractivity contribution < 1.29 is 4.40 Å². The average Bonchev–Trinajstić information content (AvgIpc) is 2.45. The van der Waals surface area contributed by atoms with E-state index < -0.39 is 0 Å². The minimum absolute atomic E-state index is 1.26. The van der Waals surface area contributed by atoms with Crippen molar-refractivity contribution in [3.05, 3.63) is 73.1 Å². The predicted octanol–water partition coefficient (Wildman–Crippen LogP) is 3.73. The Kier molecular flexibility index (Phi) is 1.89. The highest BCUT2D eigenvalue weighted by Crippen LogP contribution is 2.20. The van der Waals surface area contributed by atoms with Crippen LogP contribution in [0.4, 0.5) is 0 Å². The van der Waals surface area contributed by atoms with Gasteiger partial charge < -0.3 is 0 Å². The van der Waals surface area contributed by atoms with Gasteiger partial charge in [0.05, 0.1) is 5.39 Å². The Bertz CT molecular complexity index is 872. The number of benzene rings is 2. The summed E-state index contributed by atoms with van der Waals surface area (Å²) in [6.07, 6.45) is 4.32. The van der Waals surface area contributed by atoms with Gasteiger partial charge in [0.1, 0.15) is 0 Å². The van der Waals surface area contributed by atoms with Gasteiger partial charge in [-0.2, -0.15) is 4.40 Å². The van der Waals surface area contributed by atoms with Gasteiger partial charge in [-0.15, -0.1) is 0 Å². The second-order valence-corrected chi connectivity index (χ2v) is 4.60. The van der Waals surface area contributed by atoms with E-state index in [0.29, 0.717) is 0 Å². The zero-order chi connectivity index (χ0) is 11.9. The summed E-state index contributed by atoms with van der Waals surface area (Å²) >= 11 is 0. The topological polar surface area (TPSA) is 4.10 Å². The van der Waals surface area contributed by atoms with E-state index in [1.54, 1.807) is 0 Å².